The normalized spacial score (nSPS) is 14.0. The van der Waals surface area contributed by atoms with Crippen LogP contribution in [0.5, 0.6) is 0 Å². The Kier molecular flexibility index (Phi) is 6.49. The molecule has 8 nitrogen and oxygen atoms in total. The lowest BCUT2D eigenvalue weighted by Crippen LogP contribution is -2.49. The van der Waals surface area contributed by atoms with Crippen molar-refractivity contribution in [1.82, 2.24) is 19.7 Å². The number of amides is 1. The average molecular weight is 434 g/mol. The van der Waals surface area contributed by atoms with Crippen LogP contribution in [0.25, 0.3) is 5.82 Å². The van der Waals surface area contributed by atoms with Crippen molar-refractivity contribution in [1.29, 1.82) is 0 Å². The number of hydrogen-bond acceptors (Lipinski definition) is 6. The number of benzene rings is 1. The Morgan fingerprint density at radius 3 is 2.38 bits per heavy atom. The van der Waals surface area contributed by atoms with Gasteiger partial charge in [-0.2, -0.15) is 5.10 Å². The number of pyridine rings is 1. The van der Waals surface area contributed by atoms with Crippen molar-refractivity contribution in [3.8, 4) is 5.82 Å². The summed E-state index contributed by atoms with van der Waals surface area (Å²) < 4.78 is 7.02. The summed E-state index contributed by atoms with van der Waals surface area (Å²) in [5, 5.41) is 4.34. The maximum atomic E-state index is 12.8. The minimum atomic E-state index is -0.549. The third-order valence-electron chi connectivity index (χ3n) is 5.52. The first-order chi connectivity index (χ1) is 15.5. The molecule has 1 saturated heterocycles. The predicted molar refractivity (Wildman–Crippen MR) is 121 cm³/mol. The first kappa shape index (κ1) is 21.5. The number of esters is 1. The van der Waals surface area contributed by atoms with Gasteiger partial charge >= 0.3 is 5.97 Å². The van der Waals surface area contributed by atoms with Crippen LogP contribution >= 0.6 is 0 Å². The lowest BCUT2D eigenvalue weighted by molar-refractivity contribution is -0.134. The van der Waals surface area contributed by atoms with E-state index in [0.29, 0.717) is 30.2 Å². The summed E-state index contributed by atoms with van der Waals surface area (Å²) in [4.78, 5) is 33.7. The van der Waals surface area contributed by atoms with E-state index in [1.807, 2.05) is 50.2 Å². The summed E-state index contributed by atoms with van der Waals surface area (Å²) >= 11 is 0. The number of para-hydroxylation sites is 1. The van der Waals surface area contributed by atoms with Crippen molar-refractivity contribution in [2.24, 2.45) is 0 Å². The number of piperazine rings is 1. The summed E-state index contributed by atoms with van der Waals surface area (Å²) in [6.45, 7) is 6.36. The third kappa shape index (κ3) is 4.64. The zero-order valence-corrected chi connectivity index (χ0v) is 18.3. The molecule has 1 aliphatic heterocycles. The highest BCUT2D eigenvalue weighted by atomic mass is 16.5. The highest BCUT2D eigenvalue weighted by Crippen LogP contribution is 2.23. The molecular formula is C24H27N5O3. The number of carbonyl (C=O) groups excluding carboxylic acids is 2. The number of ether oxygens (including phenoxy) is 1. The molecule has 0 spiro atoms. The number of nitrogens with zero attached hydrogens (tertiary/aromatic N) is 5. The molecule has 32 heavy (non-hydrogen) atoms. The molecule has 0 bridgehead atoms. The van der Waals surface area contributed by atoms with Gasteiger partial charge in [0.25, 0.3) is 5.91 Å². The molecule has 166 valence electrons. The molecule has 8 heteroatoms. The minimum absolute atomic E-state index is 0.0174. The molecule has 0 aliphatic carbocycles. The zero-order valence-electron chi connectivity index (χ0n) is 18.3. The summed E-state index contributed by atoms with van der Waals surface area (Å²) in [6, 6.07) is 15.6. The van der Waals surface area contributed by atoms with Gasteiger partial charge in [-0.1, -0.05) is 38.1 Å². The Balaban J connectivity index is 1.36. The van der Waals surface area contributed by atoms with Gasteiger partial charge in [-0.25, -0.2) is 14.5 Å². The van der Waals surface area contributed by atoms with Crippen LogP contribution in [0.15, 0.2) is 60.9 Å². The van der Waals surface area contributed by atoms with Gasteiger partial charge in [0.05, 0.1) is 11.9 Å². The monoisotopic (exact) mass is 433 g/mol. The SMILES string of the molecule is CC(C)c1c(C(=O)OCC(=O)N2CCN(c3ccccc3)CC2)cnn1-c1ccccn1. The Morgan fingerprint density at radius 1 is 1.00 bits per heavy atom. The van der Waals surface area contributed by atoms with E-state index in [4.69, 9.17) is 4.74 Å². The summed E-state index contributed by atoms with van der Waals surface area (Å²) in [6.07, 6.45) is 3.16. The van der Waals surface area contributed by atoms with Crippen LogP contribution in [0.4, 0.5) is 5.69 Å². The highest BCUT2D eigenvalue weighted by molar-refractivity contribution is 5.92. The average Bonchev–Trinajstić information content (AvgIpc) is 3.29. The molecule has 0 saturated carbocycles. The molecule has 1 aliphatic rings. The van der Waals surface area contributed by atoms with Gasteiger partial charge in [-0.15, -0.1) is 0 Å². The van der Waals surface area contributed by atoms with Crippen LogP contribution < -0.4 is 4.90 Å². The van der Waals surface area contributed by atoms with E-state index < -0.39 is 5.97 Å². The molecule has 1 fully saturated rings. The number of anilines is 1. The smallest absolute Gasteiger partial charge is 0.342 e. The lowest BCUT2D eigenvalue weighted by Gasteiger charge is -2.36. The first-order valence-corrected chi connectivity index (χ1v) is 10.8. The molecule has 1 aromatic carbocycles. The lowest BCUT2D eigenvalue weighted by atomic mass is 10.1. The van der Waals surface area contributed by atoms with Crippen LogP contribution in [0.1, 0.15) is 35.8 Å². The van der Waals surface area contributed by atoms with Crippen LogP contribution in [0.2, 0.25) is 0 Å². The fraction of sp³-hybridized carbons (Fsp3) is 0.333. The molecule has 2 aromatic heterocycles. The molecule has 3 aromatic rings. The van der Waals surface area contributed by atoms with Gasteiger partial charge in [0.2, 0.25) is 0 Å². The van der Waals surface area contributed by atoms with Crippen LogP contribution in [-0.2, 0) is 9.53 Å². The molecule has 4 rings (SSSR count). The molecule has 0 radical (unpaired) electrons. The molecular weight excluding hydrogens is 406 g/mol. The van der Waals surface area contributed by atoms with Gasteiger partial charge in [0.15, 0.2) is 12.4 Å². The molecule has 1 amide bonds. The standard InChI is InChI=1S/C24H27N5O3/c1-18(2)23-20(16-26-29(23)21-10-6-7-11-25-21)24(31)32-17-22(30)28-14-12-27(13-15-28)19-8-4-3-5-9-19/h3-11,16,18H,12-15,17H2,1-2H3. The van der Waals surface area contributed by atoms with Gasteiger partial charge in [0, 0.05) is 38.1 Å². The number of aromatic nitrogens is 3. The predicted octanol–water partition coefficient (Wildman–Crippen LogP) is 2.90. The number of hydrogen-bond donors (Lipinski definition) is 0. The second-order valence-corrected chi connectivity index (χ2v) is 7.98. The van der Waals surface area contributed by atoms with Crippen LogP contribution in [0.3, 0.4) is 0 Å². The fourth-order valence-electron chi connectivity index (χ4n) is 3.88. The van der Waals surface area contributed by atoms with E-state index >= 15 is 0 Å². The quantitative estimate of drug-likeness (QED) is 0.556. The Hall–Kier alpha value is -3.68. The van der Waals surface area contributed by atoms with Crippen LogP contribution in [-0.4, -0.2) is 64.3 Å². The van der Waals surface area contributed by atoms with Crippen molar-refractivity contribution in [3.05, 3.63) is 72.2 Å². The first-order valence-electron chi connectivity index (χ1n) is 10.8. The maximum Gasteiger partial charge on any atom is 0.342 e. The molecule has 0 atom stereocenters. The maximum absolute atomic E-state index is 12.8. The van der Waals surface area contributed by atoms with Gasteiger partial charge < -0.3 is 14.5 Å². The van der Waals surface area contributed by atoms with Gasteiger partial charge in [-0.05, 0) is 30.2 Å². The Labute approximate surface area is 187 Å². The Morgan fingerprint density at radius 2 is 1.72 bits per heavy atom. The van der Waals surface area contributed by atoms with E-state index in [2.05, 4.69) is 27.1 Å². The third-order valence-corrected chi connectivity index (χ3v) is 5.52. The van der Waals surface area contributed by atoms with E-state index in [1.54, 1.807) is 15.8 Å². The summed E-state index contributed by atoms with van der Waals surface area (Å²) in [7, 11) is 0. The molecule has 3 heterocycles. The van der Waals surface area contributed by atoms with Crippen molar-refractivity contribution in [2.45, 2.75) is 19.8 Å². The van der Waals surface area contributed by atoms with Crippen molar-refractivity contribution >= 4 is 17.6 Å². The zero-order chi connectivity index (χ0) is 22.5. The second-order valence-electron chi connectivity index (χ2n) is 7.98. The van der Waals surface area contributed by atoms with Crippen molar-refractivity contribution in [2.75, 3.05) is 37.7 Å². The highest BCUT2D eigenvalue weighted by Gasteiger charge is 2.25. The van der Waals surface area contributed by atoms with Crippen molar-refractivity contribution < 1.29 is 14.3 Å². The Bertz CT molecular complexity index is 1060. The van der Waals surface area contributed by atoms with Gasteiger partial charge in [0.1, 0.15) is 5.56 Å². The number of carbonyl (C=O) groups is 2. The molecule has 0 unspecified atom stereocenters. The van der Waals surface area contributed by atoms with E-state index in [-0.39, 0.29) is 18.4 Å². The second kappa shape index (κ2) is 9.64. The number of rotatable bonds is 6. The van der Waals surface area contributed by atoms with Gasteiger partial charge in [-0.3, -0.25) is 4.79 Å². The summed E-state index contributed by atoms with van der Waals surface area (Å²) in [5.74, 6) is -0.0899. The van der Waals surface area contributed by atoms with E-state index in [9.17, 15) is 9.59 Å². The topological polar surface area (TPSA) is 80.6 Å². The van der Waals surface area contributed by atoms with E-state index in [1.165, 1.54) is 6.20 Å². The minimum Gasteiger partial charge on any atom is -0.452 e. The van der Waals surface area contributed by atoms with Crippen LogP contribution in [0, 0.1) is 0 Å². The van der Waals surface area contributed by atoms with E-state index in [0.717, 1.165) is 18.8 Å². The van der Waals surface area contributed by atoms with Crippen molar-refractivity contribution in [3.63, 3.8) is 0 Å². The molecule has 0 N–H and O–H groups in total. The summed E-state index contributed by atoms with van der Waals surface area (Å²) in [5.41, 5.74) is 2.21. The largest absolute Gasteiger partial charge is 0.452 e. The fourth-order valence-corrected chi connectivity index (χ4v) is 3.88.